The van der Waals surface area contributed by atoms with E-state index in [9.17, 15) is 29.0 Å². The number of aromatic amines is 1. The number of ether oxygens (including phenoxy) is 2. The molecule has 3 fully saturated rings. The molecule has 0 radical (unpaired) electrons. The van der Waals surface area contributed by atoms with Crippen LogP contribution in [0.3, 0.4) is 0 Å². The highest BCUT2D eigenvalue weighted by atomic mass is 31.2. The summed E-state index contributed by atoms with van der Waals surface area (Å²) in [6, 6.07) is 0. The lowest BCUT2D eigenvalue weighted by molar-refractivity contribution is -0.0683. The Labute approximate surface area is 255 Å². The number of imidazole rings is 2. The van der Waals surface area contributed by atoms with Crippen LogP contribution in [-0.2, 0) is 41.2 Å². The average molecular weight is 688 g/mol. The molecule has 8 N–H and O–H groups in total. The molecule has 7 heterocycles. The SMILES string of the molecule is COP1(=O)OC[C@H]2O[C@@H](n3cnc4c(N)ncnc43)[C@@H](O)C2OP(=O)(O)OC[C@H]2O[C@@H](n3cnc4c(=O)[nH]c(N)nc43)[C@@H](O1)C2O. The number of nitrogens with zero attached hydrogens (tertiary/aromatic N) is 7. The molecular weight excluding hydrogens is 662 g/mol. The first-order chi connectivity index (χ1) is 21.9. The van der Waals surface area contributed by atoms with E-state index in [0.717, 1.165) is 13.4 Å². The molecular formula is C21H26N10O13P2. The first kappa shape index (κ1) is 31.2. The number of rotatable bonds is 3. The molecule has 4 aromatic heterocycles. The summed E-state index contributed by atoms with van der Waals surface area (Å²) < 4.78 is 68.0. The van der Waals surface area contributed by atoms with Crippen molar-refractivity contribution >= 4 is 49.7 Å². The van der Waals surface area contributed by atoms with E-state index >= 15 is 0 Å². The summed E-state index contributed by atoms with van der Waals surface area (Å²) in [5, 5.41) is 22.4. The second kappa shape index (κ2) is 11.4. The van der Waals surface area contributed by atoms with Crippen molar-refractivity contribution in [2.24, 2.45) is 0 Å². The number of aliphatic hydroxyl groups is 2. The molecule has 0 aliphatic carbocycles. The first-order valence-corrected chi connectivity index (χ1v) is 16.3. The van der Waals surface area contributed by atoms with E-state index in [4.69, 9.17) is 43.6 Å². The molecule has 3 aliphatic heterocycles. The van der Waals surface area contributed by atoms with E-state index < -0.39 is 83.5 Å². The molecule has 2 bridgehead atoms. The van der Waals surface area contributed by atoms with Crippen LogP contribution >= 0.6 is 15.6 Å². The fraction of sp³-hybridized carbons (Fsp3) is 0.524. The Balaban J connectivity index is 1.22. The number of phosphoric acid groups is 2. The molecule has 0 spiro atoms. The third kappa shape index (κ3) is 5.29. The van der Waals surface area contributed by atoms with Crippen LogP contribution in [0.1, 0.15) is 12.5 Å². The van der Waals surface area contributed by atoms with Crippen molar-refractivity contribution in [2.45, 2.75) is 49.1 Å². The number of nitrogens with one attached hydrogen (secondary N) is 1. The fourth-order valence-corrected chi connectivity index (χ4v) is 7.46. The lowest BCUT2D eigenvalue weighted by Gasteiger charge is -2.27. The Hall–Kier alpha value is -3.44. The minimum atomic E-state index is -5.04. The minimum Gasteiger partial charge on any atom is -0.387 e. The normalized spacial score (nSPS) is 37.1. The van der Waals surface area contributed by atoms with Crippen LogP contribution in [0.5, 0.6) is 0 Å². The number of fused-ring (bicyclic) bond motifs is 5. The molecule has 23 nitrogen and oxygen atoms in total. The van der Waals surface area contributed by atoms with Crippen LogP contribution in [-0.4, -0.2) is 111 Å². The zero-order valence-electron chi connectivity index (χ0n) is 23.4. The van der Waals surface area contributed by atoms with Crippen molar-refractivity contribution in [1.29, 1.82) is 0 Å². The summed E-state index contributed by atoms with van der Waals surface area (Å²) in [6.07, 6.45) is -8.54. The van der Waals surface area contributed by atoms with Crippen LogP contribution < -0.4 is 17.0 Å². The van der Waals surface area contributed by atoms with Gasteiger partial charge in [0.15, 0.2) is 35.1 Å². The molecule has 7 rings (SSSR count). The number of H-pyrrole nitrogens is 1. The fourth-order valence-electron chi connectivity index (χ4n) is 5.38. The summed E-state index contributed by atoms with van der Waals surface area (Å²) in [5.74, 6) is -0.204. The Kier molecular flexibility index (Phi) is 7.70. The molecule has 0 amide bonds. The highest BCUT2D eigenvalue weighted by molar-refractivity contribution is 7.48. The first-order valence-electron chi connectivity index (χ1n) is 13.3. The van der Waals surface area contributed by atoms with Gasteiger partial charge in [-0.25, -0.2) is 29.1 Å². The summed E-state index contributed by atoms with van der Waals surface area (Å²) in [6.45, 7) is -1.47. The number of hydrogen-bond donors (Lipinski definition) is 6. The third-order valence-corrected chi connectivity index (χ3v) is 9.94. The number of aromatic nitrogens is 8. The number of hydrogen-bond acceptors (Lipinski definition) is 19. The van der Waals surface area contributed by atoms with E-state index in [1.54, 1.807) is 0 Å². The summed E-state index contributed by atoms with van der Waals surface area (Å²) in [5.41, 5.74) is 11.0. The van der Waals surface area contributed by atoms with Crippen molar-refractivity contribution in [2.75, 3.05) is 31.8 Å². The standard InChI is InChI=1S/C21H26N10O13P2/c1-38-46(37)40-3-8-13(12(33)19(42-8)30-5-26-9-15(22)24-4-25-16(9)30)43-45(35,36)39-2-7-11(32)14(44-46)20(41-7)31-6-27-10-17(31)28-21(23)29-18(10)34/h4-8,11-14,19-20,32-33H,2-3H2,1H3,(H,35,36)(H2,22,24,25)(H3,23,28,29,34)/t7-,8-,11?,12+,13?,14+,19-,20-,46?/m1/s1. The van der Waals surface area contributed by atoms with Crippen LogP contribution in [0, 0.1) is 0 Å². The Morgan fingerprint density at radius 1 is 0.913 bits per heavy atom. The molecule has 25 heteroatoms. The number of aliphatic hydroxyl groups excluding tert-OH is 2. The monoisotopic (exact) mass is 688 g/mol. The van der Waals surface area contributed by atoms with Gasteiger partial charge < -0.3 is 36.0 Å². The van der Waals surface area contributed by atoms with Gasteiger partial charge in [0.2, 0.25) is 5.95 Å². The second-order valence-corrected chi connectivity index (χ2v) is 13.4. The number of anilines is 2. The predicted molar refractivity (Wildman–Crippen MR) is 148 cm³/mol. The molecule has 4 unspecified atom stereocenters. The van der Waals surface area contributed by atoms with Crippen molar-refractivity contribution in [1.82, 2.24) is 39.0 Å². The Morgan fingerprint density at radius 2 is 1.61 bits per heavy atom. The van der Waals surface area contributed by atoms with Crippen LogP contribution in [0.2, 0.25) is 0 Å². The average Bonchev–Trinajstić information content (AvgIpc) is 3.77. The lowest BCUT2D eigenvalue weighted by Crippen LogP contribution is -2.36. The Morgan fingerprint density at radius 3 is 2.37 bits per heavy atom. The quantitative estimate of drug-likeness (QED) is 0.131. The minimum absolute atomic E-state index is 0.0527. The van der Waals surface area contributed by atoms with E-state index in [1.807, 2.05) is 0 Å². The Bertz CT molecular complexity index is 1950. The van der Waals surface area contributed by atoms with Gasteiger partial charge in [0.05, 0.1) is 25.9 Å². The van der Waals surface area contributed by atoms with Crippen LogP contribution in [0.25, 0.3) is 22.3 Å². The maximum absolute atomic E-state index is 13.8. The maximum Gasteiger partial charge on any atom is 0.475 e. The molecule has 3 aliphatic rings. The van der Waals surface area contributed by atoms with E-state index in [-0.39, 0.29) is 34.1 Å². The van der Waals surface area contributed by atoms with Crippen LogP contribution in [0.4, 0.5) is 11.8 Å². The van der Waals surface area contributed by atoms with Gasteiger partial charge in [-0.05, 0) is 0 Å². The number of phosphoric ester groups is 2. The smallest absolute Gasteiger partial charge is 0.387 e. The van der Waals surface area contributed by atoms with E-state index in [1.165, 1.54) is 21.8 Å². The summed E-state index contributed by atoms with van der Waals surface area (Å²) in [4.78, 5) is 45.5. The molecule has 4 aromatic rings. The highest BCUT2D eigenvalue weighted by Gasteiger charge is 2.54. The van der Waals surface area contributed by atoms with E-state index in [0.29, 0.717) is 0 Å². The molecule has 10 atom stereocenters. The second-order valence-electron chi connectivity index (χ2n) is 10.3. The largest absolute Gasteiger partial charge is 0.475 e. The summed E-state index contributed by atoms with van der Waals surface area (Å²) >= 11 is 0. The molecule has 3 saturated heterocycles. The van der Waals surface area contributed by atoms with Gasteiger partial charge in [-0.1, -0.05) is 0 Å². The van der Waals surface area contributed by atoms with Crippen molar-refractivity contribution in [3.63, 3.8) is 0 Å². The van der Waals surface area contributed by atoms with Gasteiger partial charge in [0, 0.05) is 7.11 Å². The predicted octanol–water partition coefficient (Wildman–Crippen LogP) is -1.69. The van der Waals surface area contributed by atoms with Gasteiger partial charge in [0.25, 0.3) is 5.56 Å². The number of nitrogens with two attached hydrogens (primary N) is 2. The lowest BCUT2D eigenvalue weighted by atomic mass is 10.1. The van der Waals surface area contributed by atoms with Crippen molar-refractivity contribution in [3.8, 4) is 0 Å². The van der Waals surface area contributed by atoms with Crippen molar-refractivity contribution < 1.29 is 56.3 Å². The summed E-state index contributed by atoms with van der Waals surface area (Å²) in [7, 11) is -8.65. The van der Waals surface area contributed by atoms with E-state index in [2.05, 4.69) is 29.9 Å². The molecule has 248 valence electrons. The molecule has 0 saturated carbocycles. The van der Waals surface area contributed by atoms with Gasteiger partial charge in [-0.3, -0.25) is 41.5 Å². The maximum atomic E-state index is 13.8. The third-order valence-electron chi connectivity index (χ3n) is 7.54. The van der Waals surface area contributed by atoms with Crippen LogP contribution in [0.15, 0.2) is 23.8 Å². The van der Waals surface area contributed by atoms with Gasteiger partial charge >= 0.3 is 15.6 Å². The van der Waals surface area contributed by atoms with Gasteiger partial charge in [-0.2, -0.15) is 4.98 Å². The molecule has 46 heavy (non-hydrogen) atoms. The highest BCUT2D eigenvalue weighted by Crippen LogP contribution is 2.56. The van der Waals surface area contributed by atoms with Gasteiger partial charge in [0.1, 0.15) is 48.5 Å². The van der Waals surface area contributed by atoms with Crippen molar-refractivity contribution in [3.05, 3.63) is 29.3 Å². The molecule has 0 aromatic carbocycles. The number of nitrogen functional groups attached to an aromatic ring is 2. The van der Waals surface area contributed by atoms with Gasteiger partial charge in [-0.15, -0.1) is 0 Å². The zero-order chi connectivity index (χ0) is 32.5. The zero-order valence-corrected chi connectivity index (χ0v) is 25.2. The topological polar surface area (TPSA) is 319 Å².